The lowest BCUT2D eigenvalue weighted by molar-refractivity contribution is 0.0240. The van der Waals surface area contributed by atoms with Crippen molar-refractivity contribution in [1.82, 2.24) is 19.9 Å². The summed E-state index contributed by atoms with van der Waals surface area (Å²) < 4.78 is 7.48. The van der Waals surface area contributed by atoms with E-state index in [-0.39, 0.29) is 12.1 Å². The third kappa shape index (κ3) is 5.49. The monoisotopic (exact) mass is 399 g/mol. The van der Waals surface area contributed by atoms with Crippen LogP contribution in [0.4, 0.5) is 10.5 Å². The van der Waals surface area contributed by atoms with Crippen molar-refractivity contribution in [2.75, 3.05) is 31.1 Å². The Labute approximate surface area is 173 Å². The van der Waals surface area contributed by atoms with Gasteiger partial charge >= 0.3 is 6.09 Å². The highest BCUT2D eigenvalue weighted by molar-refractivity contribution is 5.69. The average Bonchev–Trinajstić information content (AvgIpc) is 3.19. The molecule has 7 heteroatoms. The summed E-state index contributed by atoms with van der Waals surface area (Å²) in [4.78, 5) is 16.5. The van der Waals surface area contributed by atoms with Crippen molar-refractivity contribution in [3.8, 4) is 0 Å². The molecule has 0 aliphatic carbocycles. The van der Waals surface area contributed by atoms with Gasteiger partial charge in [-0.05, 0) is 39.2 Å². The van der Waals surface area contributed by atoms with E-state index < -0.39 is 5.60 Å². The fourth-order valence-corrected chi connectivity index (χ4v) is 3.72. The van der Waals surface area contributed by atoms with Crippen LogP contribution < -0.4 is 4.90 Å². The molecule has 0 bridgehead atoms. The number of benzene rings is 1. The number of carbonyl (C=O) groups is 1. The second-order valence-corrected chi connectivity index (χ2v) is 9.04. The van der Waals surface area contributed by atoms with Crippen LogP contribution in [0.3, 0.4) is 0 Å². The summed E-state index contributed by atoms with van der Waals surface area (Å²) in [6.07, 6.45) is 4.42. The van der Waals surface area contributed by atoms with Crippen LogP contribution in [-0.2, 0) is 4.74 Å². The van der Waals surface area contributed by atoms with Gasteiger partial charge in [0.05, 0.1) is 12.2 Å². The Bertz CT molecular complexity index is 790. The molecule has 1 aromatic heterocycles. The van der Waals surface area contributed by atoms with Crippen molar-refractivity contribution >= 4 is 11.8 Å². The summed E-state index contributed by atoms with van der Waals surface area (Å²) in [7, 11) is 0. The zero-order valence-electron chi connectivity index (χ0n) is 18.2. The van der Waals surface area contributed by atoms with Crippen molar-refractivity contribution in [3.05, 3.63) is 42.2 Å². The molecular weight excluding hydrogens is 366 g/mol. The van der Waals surface area contributed by atoms with Crippen molar-refractivity contribution in [2.45, 2.75) is 52.7 Å². The SMILES string of the molecule is CC(C)CC(c1ccccc1N1CCN(C(=O)OC(C)(C)C)CC1)n1ccnn1. The van der Waals surface area contributed by atoms with Gasteiger partial charge in [0.25, 0.3) is 0 Å². The second kappa shape index (κ2) is 8.84. The van der Waals surface area contributed by atoms with E-state index in [9.17, 15) is 4.79 Å². The van der Waals surface area contributed by atoms with E-state index in [1.165, 1.54) is 11.3 Å². The molecule has 1 fully saturated rings. The van der Waals surface area contributed by atoms with Gasteiger partial charge in [0.2, 0.25) is 0 Å². The van der Waals surface area contributed by atoms with E-state index in [2.05, 4.69) is 53.3 Å². The van der Waals surface area contributed by atoms with E-state index in [0.29, 0.717) is 19.0 Å². The molecule has 158 valence electrons. The molecule has 29 heavy (non-hydrogen) atoms. The Balaban J connectivity index is 1.77. The topological polar surface area (TPSA) is 63.5 Å². The Morgan fingerprint density at radius 2 is 1.83 bits per heavy atom. The number of amides is 1. The highest BCUT2D eigenvalue weighted by atomic mass is 16.6. The summed E-state index contributed by atoms with van der Waals surface area (Å²) in [6.45, 7) is 13.0. The first-order valence-corrected chi connectivity index (χ1v) is 10.4. The smallest absolute Gasteiger partial charge is 0.410 e. The van der Waals surface area contributed by atoms with Crippen LogP contribution in [0.2, 0.25) is 0 Å². The normalized spacial score (nSPS) is 16.2. The number of hydrogen-bond acceptors (Lipinski definition) is 5. The zero-order chi connectivity index (χ0) is 21.0. The summed E-state index contributed by atoms with van der Waals surface area (Å²) in [5.41, 5.74) is 1.98. The first-order valence-electron chi connectivity index (χ1n) is 10.4. The third-order valence-corrected chi connectivity index (χ3v) is 5.02. The number of ether oxygens (including phenoxy) is 1. The quantitative estimate of drug-likeness (QED) is 0.761. The van der Waals surface area contributed by atoms with E-state index in [0.717, 1.165) is 19.5 Å². The van der Waals surface area contributed by atoms with Gasteiger partial charge in [-0.1, -0.05) is 37.3 Å². The molecular formula is C22H33N5O2. The number of piperazine rings is 1. The van der Waals surface area contributed by atoms with E-state index >= 15 is 0 Å². The van der Waals surface area contributed by atoms with E-state index in [1.54, 1.807) is 11.1 Å². The molecule has 1 atom stereocenters. The number of aromatic nitrogens is 3. The standard InChI is InChI=1S/C22H33N5O2/c1-17(2)16-20(27-11-10-23-24-27)18-8-6-7-9-19(18)25-12-14-26(15-13-25)21(28)29-22(3,4)5/h6-11,17,20H,12-16H2,1-5H3. The molecule has 1 amide bonds. The first-order chi connectivity index (χ1) is 13.7. The third-order valence-electron chi connectivity index (χ3n) is 5.02. The number of carbonyl (C=O) groups excluding carboxylic acids is 1. The summed E-state index contributed by atoms with van der Waals surface area (Å²) in [5, 5.41) is 8.30. The van der Waals surface area contributed by atoms with Gasteiger partial charge in [-0.15, -0.1) is 5.10 Å². The lowest BCUT2D eigenvalue weighted by Gasteiger charge is -2.38. The summed E-state index contributed by atoms with van der Waals surface area (Å²) in [6, 6.07) is 8.65. The summed E-state index contributed by atoms with van der Waals surface area (Å²) >= 11 is 0. The van der Waals surface area contributed by atoms with Crippen LogP contribution in [0.1, 0.15) is 52.6 Å². The molecule has 1 aliphatic heterocycles. The predicted molar refractivity (Wildman–Crippen MR) is 114 cm³/mol. The molecule has 1 aliphatic rings. The Morgan fingerprint density at radius 1 is 1.14 bits per heavy atom. The lowest BCUT2D eigenvalue weighted by Crippen LogP contribution is -2.50. The highest BCUT2D eigenvalue weighted by Gasteiger charge is 2.28. The van der Waals surface area contributed by atoms with Crippen LogP contribution in [-0.4, -0.2) is 57.8 Å². The molecule has 0 radical (unpaired) electrons. The molecule has 0 N–H and O–H groups in total. The van der Waals surface area contributed by atoms with E-state index in [1.807, 2.05) is 31.6 Å². The Kier molecular flexibility index (Phi) is 6.45. The highest BCUT2D eigenvalue weighted by Crippen LogP contribution is 2.33. The molecule has 1 unspecified atom stereocenters. The lowest BCUT2D eigenvalue weighted by atomic mass is 9.95. The molecule has 1 aromatic carbocycles. The van der Waals surface area contributed by atoms with E-state index in [4.69, 9.17) is 4.74 Å². The van der Waals surface area contributed by atoms with Crippen molar-refractivity contribution in [3.63, 3.8) is 0 Å². The number of hydrogen-bond donors (Lipinski definition) is 0. The Hall–Kier alpha value is -2.57. The second-order valence-electron chi connectivity index (χ2n) is 9.04. The van der Waals surface area contributed by atoms with Crippen LogP contribution in [0.5, 0.6) is 0 Å². The fourth-order valence-electron chi connectivity index (χ4n) is 3.72. The number of para-hydroxylation sites is 1. The van der Waals surface area contributed by atoms with Crippen LogP contribution in [0, 0.1) is 5.92 Å². The van der Waals surface area contributed by atoms with Crippen LogP contribution >= 0.6 is 0 Å². The molecule has 0 spiro atoms. The average molecular weight is 400 g/mol. The minimum absolute atomic E-state index is 0.137. The molecule has 2 heterocycles. The maximum absolute atomic E-state index is 12.4. The number of anilines is 1. The molecule has 0 saturated carbocycles. The zero-order valence-corrected chi connectivity index (χ0v) is 18.2. The van der Waals surface area contributed by atoms with Gasteiger partial charge in [-0.3, -0.25) is 0 Å². The summed E-state index contributed by atoms with van der Waals surface area (Å²) in [5.74, 6) is 0.529. The fraction of sp³-hybridized carbons (Fsp3) is 0.591. The molecule has 7 nitrogen and oxygen atoms in total. The number of nitrogens with zero attached hydrogens (tertiary/aromatic N) is 5. The van der Waals surface area contributed by atoms with Gasteiger partial charge in [-0.2, -0.15) is 0 Å². The van der Waals surface area contributed by atoms with Crippen LogP contribution in [0.25, 0.3) is 0 Å². The predicted octanol–water partition coefficient (Wildman–Crippen LogP) is 3.97. The minimum Gasteiger partial charge on any atom is -0.444 e. The Morgan fingerprint density at radius 3 is 2.41 bits per heavy atom. The molecule has 3 rings (SSSR count). The first kappa shape index (κ1) is 21.1. The van der Waals surface area contributed by atoms with Gasteiger partial charge in [0.1, 0.15) is 5.60 Å². The minimum atomic E-state index is -0.470. The maximum atomic E-state index is 12.4. The van der Waals surface area contributed by atoms with Crippen molar-refractivity contribution in [2.24, 2.45) is 5.92 Å². The van der Waals surface area contributed by atoms with Gasteiger partial charge in [0, 0.05) is 43.6 Å². The van der Waals surface area contributed by atoms with Crippen molar-refractivity contribution < 1.29 is 9.53 Å². The van der Waals surface area contributed by atoms with Gasteiger partial charge in [0.15, 0.2) is 0 Å². The molecule has 2 aromatic rings. The molecule has 1 saturated heterocycles. The van der Waals surface area contributed by atoms with Crippen molar-refractivity contribution in [1.29, 1.82) is 0 Å². The largest absolute Gasteiger partial charge is 0.444 e. The van der Waals surface area contributed by atoms with Gasteiger partial charge < -0.3 is 14.5 Å². The van der Waals surface area contributed by atoms with Crippen LogP contribution in [0.15, 0.2) is 36.7 Å². The van der Waals surface area contributed by atoms with Gasteiger partial charge in [-0.25, -0.2) is 9.48 Å². The number of rotatable bonds is 5. The maximum Gasteiger partial charge on any atom is 0.410 e.